The van der Waals surface area contributed by atoms with Crippen molar-refractivity contribution in [2.24, 2.45) is 0 Å². The third kappa shape index (κ3) is 7.76. The van der Waals surface area contributed by atoms with Crippen LogP contribution in [0.4, 0.5) is 5.69 Å². The van der Waals surface area contributed by atoms with Crippen molar-refractivity contribution in [2.75, 3.05) is 25.0 Å². The maximum atomic E-state index is 13.8. The molecule has 0 unspecified atom stereocenters. The Balaban J connectivity index is 1.78. The Morgan fingerprint density at radius 3 is 2.16 bits per heavy atom. The van der Waals surface area contributed by atoms with Crippen LogP contribution in [0.1, 0.15) is 52.4 Å². The fourth-order valence-electron chi connectivity index (χ4n) is 4.33. The van der Waals surface area contributed by atoms with Gasteiger partial charge >= 0.3 is 5.97 Å². The number of hydrogen-bond donors (Lipinski definition) is 1. The van der Waals surface area contributed by atoms with E-state index in [-0.39, 0.29) is 18.0 Å². The molecule has 0 aliphatic heterocycles. The van der Waals surface area contributed by atoms with Crippen LogP contribution in [0.5, 0.6) is 0 Å². The smallest absolute Gasteiger partial charge is 0.338 e. The van der Waals surface area contributed by atoms with Crippen molar-refractivity contribution in [3.63, 3.8) is 0 Å². The predicted octanol–water partition coefficient (Wildman–Crippen LogP) is 5.44. The average molecular weight is 537 g/mol. The van der Waals surface area contributed by atoms with Gasteiger partial charge in [-0.15, -0.1) is 0 Å². The third-order valence-corrected chi connectivity index (χ3v) is 8.30. The lowest BCUT2D eigenvalue weighted by Gasteiger charge is -2.24. The summed E-state index contributed by atoms with van der Waals surface area (Å²) in [7, 11) is -3.95. The van der Waals surface area contributed by atoms with Crippen LogP contribution in [-0.4, -0.2) is 44.3 Å². The van der Waals surface area contributed by atoms with E-state index in [9.17, 15) is 18.0 Å². The zero-order valence-electron chi connectivity index (χ0n) is 22.5. The van der Waals surface area contributed by atoms with Crippen molar-refractivity contribution in [1.29, 1.82) is 0 Å². The van der Waals surface area contributed by atoms with E-state index < -0.39 is 21.9 Å². The maximum absolute atomic E-state index is 13.8. The number of carbonyl (C=O) groups is 2. The molecule has 8 heteroatoms. The van der Waals surface area contributed by atoms with E-state index in [1.807, 2.05) is 56.3 Å². The van der Waals surface area contributed by atoms with E-state index in [4.69, 9.17) is 4.74 Å². The molecule has 0 aliphatic rings. The summed E-state index contributed by atoms with van der Waals surface area (Å²) >= 11 is 0. The first-order valence-electron chi connectivity index (χ1n) is 12.8. The van der Waals surface area contributed by atoms with Crippen LogP contribution in [-0.2, 0) is 26.0 Å². The topological polar surface area (TPSA) is 92.8 Å². The summed E-state index contributed by atoms with van der Waals surface area (Å²) in [6.45, 7) is 7.66. The molecule has 38 heavy (non-hydrogen) atoms. The van der Waals surface area contributed by atoms with Crippen LogP contribution in [0.25, 0.3) is 0 Å². The quantitative estimate of drug-likeness (QED) is 0.246. The van der Waals surface area contributed by atoms with Crippen molar-refractivity contribution in [3.05, 3.63) is 94.5 Å². The normalized spacial score (nSPS) is 11.4. The van der Waals surface area contributed by atoms with Crippen molar-refractivity contribution in [1.82, 2.24) is 4.31 Å². The number of anilines is 1. The second-order valence-electron chi connectivity index (χ2n) is 9.42. The number of esters is 1. The summed E-state index contributed by atoms with van der Waals surface area (Å²) < 4.78 is 34.1. The average Bonchev–Trinajstić information content (AvgIpc) is 2.86. The molecule has 0 radical (unpaired) electrons. The van der Waals surface area contributed by atoms with E-state index >= 15 is 0 Å². The van der Waals surface area contributed by atoms with Crippen molar-refractivity contribution in [2.45, 2.75) is 51.9 Å². The van der Waals surface area contributed by atoms with Gasteiger partial charge in [0, 0.05) is 12.2 Å². The molecule has 0 saturated heterocycles. The lowest BCUT2D eigenvalue weighted by molar-refractivity contribution is -0.116. The van der Waals surface area contributed by atoms with Gasteiger partial charge in [-0.25, -0.2) is 13.2 Å². The zero-order chi connectivity index (χ0) is 27.7. The lowest BCUT2D eigenvalue weighted by atomic mass is 10.1. The van der Waals surface area contributed by atoms with E-state index in [2.05, 4.69) is 5.32 Å². The highest BCUT2D eigenvalue weighted by molar-refractivity contribution is 7.89. The monoisotopic (exact) mass is 536 g/mol. The van der Waals surface area contributed by atoms with Crippen LogP contribution in [0.3, 0.4) is 0 Å². The highest BCUT2D eigenvalue weighted by Crippen LogP contribution is 2.26. The van der Waals surface area contributed by atoms with E-state index in [1.165, 1.54) is 4.31 Å². The Kier molecular flexibility index (Phi) is 10.2. The number of aryl methyl sites for hydroxylation is 3. The summed E-state index contributed by atoms with van der Waals surface area (Å²) in [5.74, 6) is -0.888. The van der Waals surface area contributed by atoms with E-state index in [0.29, 0.717) is 35.4 Å². The molecule has 3 aromatic carbocycles. The van der Waals surface area contributed by atoms with Gasteiger partial charge in [0.25, 0.3) is 0 Å². The Hall–Kier alpha value is -3.49. The van der Waals surface area contributed by atoms with Gasteiger partial charge in [-0.3, -0.25) is 4.79 Å². The number of carbonyl (C=O) groups excluding carboxylic acids is 2. The first-order valence-corrected chi connectivity index (χ1v) is 14.2. The second kappa shape index (κ2) is 13.3. The molecule has 7 nitrogen and oxygen atoms in total. The third-order valence-electron chi connectivity index (χ3n) is 6.15. The van der Waals surface area contributed by atoms with Gasteiger partial charge in [-0.05, 0) is 74.6 Å². The number of nitrogens with one attached hydrogen (secondary N) is 1. The standard InChI is InChI=1S/C30H36N2O5S/c1-5-6-18-37-30(34)26-12-14-27(15-13-26)31-28(33)21-32(17-16-25-10-8-7-9-11-25)38(35,36)29-23(3)19-22(2)20-24(29)4/h7-15,19-20H,5-6,16-18,21H2,1-4H3,(H,31,33). The number of nitrogens with zero attached hydrogens (tertiary/aromatic N) is 1. The molecule has 3 rings (SSSR count). The maximum Gasteiger partial charge on any atom is 0.338 e. The molecule has 3 aromatic rings. The number of ether oxygens (including phenoxy) is 1. The minimum atomic E-state index is -3.95. The largest absolute Gasteiger partial charge is 0.462 e. The highest BCUT2D eigenvalue weighted by atomic mass is 32.2. The molecular weight excluding hydrogens is 500 g/mol. The van der Waals surface area contributed by atoms with E-state index in [0.717, 1.165) is 24.0 Å². The molecule has 0 atom stereocenters. The van der Waals surface area contributed by atoms with Crippen LogP contribution in [0.15, 0.2) is 71.6 Å². The van der Waals surface area contributed by atoms with Gasteiger partial charge in [0.15, 0.2) is 0 Å². The molecule has 0 aromatic heterocycles. The number of amides is 1. The molecule has 1 amide bonds. The number of unbranched alkanes of at least 4 members (excludes halogenated alkanes) is 1. The molecule has 0 aliphatic carbocycles. The first kappa shape index (κ1) is 29.1. The van der Waals surface area contributed by atoms with Gasteiger partial charge in [0.1, 0.15) is 0 Å². The number of rotatable bonds is 12. The fraction of sp³-hybridized carbons (Fsp3) is 0.333. The van der Waals surface area contributed by atoms with Gasteiger partial charge < -0.3 is 10.1 Å². The molecule has 0 heterocycles. The van der Waals surface area contributed by atoms with Crippen LogP contribution >= 0.6 is 0 Å². The Bertz CT molecular complexity index is 1330. The van der Waals surface area contributed by atoms with Crippen molar-refractivity contribution < 1.29 is 22.7 Å². The van der Waals surface area contributed by atoms with Crippen molar-refractivity contribution >= 4 is 27.6 Å². The van der Waals surface area contributed by atoms with Gasteiger partial charge in [0.05, 0.1) is 23.6 Å². The minimum Gasteiger partial charge on any atom is -0.462 e. The molecule has 0 fully saturated rings. The number of hydrogen-bond acceptors (Lipinski definition) is 5. The van der Waals surface area contributed by atoms with Gasteiger partial charge in [0.2, 0.25) is 15.9 Å². The molecule has 0 spiro atoms. The number of benzene rings is 3. The number of sulfonamides is 1. The molecule has 0 bridgehead atoms. The van der Waals surface area contributed by atoms with E-state index in [1.54, 1.807) is 38.1 Å². The van der Waals surface area contributed by atoms with Crippen molar-refractivity contribution in [3.8, 4) is 0 Å². The fourth-order valence-corrected chi connectivity index (χ4v) is 6.14. The zero-order valence-corrected chi connectivity index (χ0v) is 23.3. The minimum absolute atomic E-state index is 0.148. The SMILES string of the molecule is CCCCOC(=O)c1ccc(NC(=O)CN(CCc2ccccc2)S(=O)(=O)c2c(C)cc(C)cc2C)cc1. The summed E-state index contributed by atoms with van der Waals surface area (Å²) in [4.78, 5) is 25.4. The Labute approximate surface area is 225 Å². The Morgan fingerprint density at radius 2 is 1.55 bits per heavy atom. The molecular formula is C30H36N2O5S. The van der Waals surface area contributed by atoms with Gasteiger partial charge in [-0.1, -0.05) is 61.4 Å². The van der Waals surface area contributed by atoms with Crippen LogP contribution < -0.4 is 5.32 Å². The highest BCUT2D eigenvalue weighted by Gasteiger charge is 2.29. The predicted molar refractivity (Wildman–Crippen MR) is 150 cm³/mol. The Morgan fingerprint density at radius 1 is 0.921 bits per heavy atom. The van der Waals surface area contributed by atoms with Gasteiger partial charge in [-0.2, -0.15) is 4.31 Å². The summed E-state index contributed by atoms with van der Waals surface area (Å²) in [6, 6.07) is 19.6. The summed E-state index contributed by atoms with van der Waals surface area (Å²) in [6.07, 6.45) is 2.19. The summed E-state index contributed by atoms with van der Waals surface area (Å²) in [5, 5.41) is 2.75. The molecule has 1 N–H and O–H groups in total. The first-order chi connectivity index (χ1) is 18.1. The van der Waals surface area contributed by atoms with Crippen LogP contribution in [0, 0.1) is 20.8 Å². The molecule has 0 saturated carbocycles. The molecule has 202 valence electrons. The summed E-state index contributed by atoms with van der Waals surface area (Å²) in [5.41, 5.74) is 4.10. The lowest BCUT2D eigenvalue weighted by Crippen LogP contribution is -2.39. The second-order valence-corrected chi connectivity index (χ2v) is 11.3. The van der Waals surface area contributed by atoms with Crippen LogP contribution in [0.2, 0.25) is 0 Å².